The summed E-state index contributed by atoms with van der Waals surface area (Å²) in [6, 6.07) is 22.6. The van der Waals surface area contributed by atoms with Crippen molar-refractivity contribution in [3.05, 3.63) is 95.1 Å². The van der Waals surface area contributed by atoms with Gasteiger partial charge >= 0.3 is 0 Å². The van der Waals surface area contributed by atoms with Gasteiger partial charge in [-0.15, -0.1) is 0 Å². The van der Waals surface area contributed by atoms with Gasteiger partial charge in [0.1, 0.15) is 0 Å². The maximum absolute atomic E-state index is 12.4. The van der Waals surface area contributed by atoms with Crippen LogP contribution in [0.1, 0.15) is 27.0 Å². The van der Waals surface area contributed by atoms with Gasteiger partial charge in [-0.05, 0) is 60.5 Å². The molecule has 3 aromatic rings. The molecular weight excluding hydrogens is 410 g/mol. The first-order valence-electron chi connectivity index (χ1n) is 10.2. The first-order valence-corrected chi connectivity index (χ1v) is 11.7. The molecule has 0 saturated carbocycles. The average molecular weight is 436 g/mol. The summed E-state index contributed by atoms with van der Waals surface area (Å²) in [6.45, 7) is 2.30. The maximum Gasteiger partial charge on any atom is 0.251 e. The number of rotatable bonds is 7. The number of carbonyl (C=O) groups is 1. The number of hydrogen-bond acceptors (Lipinski definition) is 4. The van der Waals surface area contributed by atoms with Crippen molar-refractivity contribution in [1.82, 2.24) is 10.0 Å². The summed E-state index contributed by atoms with van der Waals surface area (Å²) < 4.78 is 25.8. The lowest BCUT2D eigenvalue weighted by Crippen LogP contribution is -2.23. The van der Waals surface area contributed by atoms with Crippen molar-refractivity contribution < 1.29 is 13.2 Å². The predicted molar refractivity (Wildman–Crippen MR) is 121 cm³/mol. The van der Waals surface area contributed by atoms with Crippen molar-refractivity contribution in [2.75, 3.05) is 18.5 Å². The highest BCUT2D eigenvalue weighted by Gasteiger charge is 2.18. The third-order valence-electron chi connectivity index (χ3n) is 5.53. The zero-order chi connectivity index (χ0) is 21.8. The summed E-state index contributed by atoms with van der Waals surface area (Å²) in [5, 5.41) is 2.88. The molecule has 1 aliphatic rings. The molecule has 0 atom stereocenters. The lowest BCUT2D eigenvalue weighted by molar-refractivity contribution is 0.0951. The molecule has 0 aromatic heterocycles. The molecule has 0 aliphatic carbocycles. The van der Waals surface area contributed by atoms with Crippen LogP contribution in [0.25, 0.3) is 0 Å². The van der Waals surface area contributed by atoms with Gasteiger partial charge < -0.3 is 10.2 Å². The monoisotopic (exact) mass is 435 g/mol. The smallest absolute Gasteiger partial charge is 0.251 e. The fourth-order valence-electron chi connectivity index (χ4n) is 3.74. The largest absolute Gasteiger partial charge is 0.367 e. The zero-order valence-electron chi connectivity index (χ0n) is 17.3. The third kappa shape index (κ3) is 4.78. The Morgan fingerprint density at radius 1 is 0.935 bits per heavy atom. The molecule has 31 heavy (non-hydrogen) atoms. The van der Waals surface area contributed by atoms with Crippen LogP contribution in [0, 0.1) is 0 Å². The Balaban J connectivity index is 1.33. The molecule has 1 amide bonds. The second-order valence-corrected chi connectivity index (χ2v) is 9.42. The van der Waals surface area contributed by atoms with E-state index in [0.717, 1.165) is 25.1 Å². The normalized spacial score (nSPS) is 13.1. The molecule has 6 nitrogen and oxygen atoms in total. The topological polar surface area (TPSA) is 78.5 Å². The Labute approximate surface area is 183 Å². The molecule has 4 rings (SSSR count). The number of para-hydroxylation sites is 1. The standard InChI is InChI=1S/C24H25N3O3S/c1-25-31(29,30)22-12-10-21(11-13-22)24(28)26-16-18-6-8-19(9-7-18)17-27-15-14-20-4-2-3-5-23(20)27/h2-13,25H,14-17H2,1H3,(H,26,28). The third-order valence-corrected chi connectivity index (χ3v) is 6.96. The lowest BCUT2D eigenvalue weighted by atomic mass is 10.1. The lowest BCUT2D eigenvalue weighted by Gasteiger charge is -2.19. The Bertz CT molecular complexity index is 1170. The van der Waals surface area contributed by atoms with E-state index >= 15 is 0 Å². The van der Waals surface area contributed by atoms with Gasteiger partial charge in [0.2, 0.25) is 10.0 Å². The van der Waals surface area contributed by atoms with E-state index < -0.39 is 10.0 Å². The van der Waals surface area contributed by atoms with E-state index in [2.05, 4.69) is 51.3 Å². The molecule has 3 aromatic carbocycles. The average Bonchev–Trinajstić information content (AvgIpc) is 3.21. The van der Waals surface area contributed by atoms with E-state index in [1.165, 1.54) is 48.1 Å². The van der Waals surface area contributed by atoms with Crippen molar-refractivity contribution in [1.29, 1.82) is 0 Å². The Hall–Kier alpha value is -3.16. The van der Waals surface area contributed by atoms with Gasteiger partial charge in [0.05, 0.1) is 4.90 Å². The Morgan fingerprint density at radius 2 is 1.61 bits per heavy atom. The molecule has 1 heterocycles. The number of benzene rings is 3. The molecular formula is C24H25N3O3S. The quantitative estimate of drug-likeness (QED) is 0.598. The van der Waals surface area contributed by atoms with E-state index in [9.17, 15) is 13.2 Å². The Kier molecular flexibility index (Phi) is 6.06. The summed E-state index contributed by atoms with van der Waals surface area (Å²) in [7, 11) is -2.16. The minimum Gasteiger partial charge on any atom is -0.367 e. The SMILES string of the molecule is CNS(=O)(=O)c1ccc(C(=O)NCc2ccc(CN3CCc4ccccc43)cc2)cc1. The summed E-state index contributed by atoms with van der Waals surface area (Å²) in [5.74, 6) is -0.244. The van der Waals surface area contributed by atoms with Crippen LogP contribution in [0.15, 0.2) is 77.7 Å². The van der Waals surface area contributed by atoms with Gasteiger partial charge in [-0.2, -0.15) is 0 Å². The highest BCUT2D eigenvalue weighted by atomic mass is 32.2. The molecule has 0 saturated heterocycles. The van der Waals surface area contributed by atoms with Crippen molar-refractivity contribution in [3.63, 3.8) is 0 Å². The molecule has 7 heteroatoms. The van der Waals surface area contributed by atoms with Gasteiger partial charge in [0.25, 0.3) is 5.91 Å². The number of amides is 1. The summed E-state index contributed by atoms with van der Waals surface area (Å²) >= 11 is 0. The predicted octanol–water partition coefficient (Wildman–Crippen LogP) is 3.09. The number of sulfonamides is 1. The van der Waals surface area contributed by atoms with E-state index in [1.807, 2.05) is 12.1 Å². The molecule has 0 bridgehead atoms. The molecule has 0 fully saturated rings. The van der Waals surface area contributed by atoms with Gasteiger partial charge in [-0.25, -0.2) is 13.1 Å². The van der Waals surface area contributed by atoms with E-state index in [1.54, 1.807) is 0 Å². The Morgan fingerprint density at radius 3 is 2.32 bits per heavy atom. The fraction of sp³-hybridized carbons (Fsp3) is 0.208. The van der Waals surface area contributed by atoms with Crippen molar-refractivity contribution in [2.24, 2.45) is 0 Å². The number of nitrogens with zero attached hydrogens (tertiary/aromatic N) is 1. The van der Waals surface area contributed by atoms with Gasteiger partial charge in [-0.1, -0.05) is 42.5 Å². The van der Waals surface area contributed by atoms with Crippen molar-refractivity contribution in [3.8, 4) is 0 Å². The second kappa shape index (κ2) is 8.91. The van der Waals surface area contributed by atoms with Crippen molar-refractivity contribution >= 4 is 21.6 Å². The van der Waals surface area contributed by atoms with Gasteiger partial charge in [0, 0.05) is 30.9 Å². The van der Waals surface area contributed by atoms with Crippen LogP contribution < -0.4 is 14.9 Å². The minimum absolute atomic E-state index is 0.128. The van der Waals surface area contributed by atoms with Crippen LogP contribution in [-0.4, -0.2) is 27.9 Å². The molecule has 0 spiro atoms. The number of nitrogens with one attached hydrogen (secondary N) is 2. The molecule has 0 radical (unpaired) electrons. The van der Waals surface area contributed by atoms with Gasteiger partial charge in [-0.3, -0.25) is 4.79 Å². The molecule has 2 N–H and O–H groups in total. The maximum atomic E-state index is 12.4. The van der Waals surface area contributed by atoms with Crippen LogP contribution in [0.2, 0.25) is 0 Å². The van der Waals surface area contributed by atoms with Crippen molar-refractivity contribution in [2.45, 2.75) is 24.4 Å². The second-order valence-electron chi connectivity index (χ2n) is 7.53. The van der Waals surface area contributed by atoms with E-state index in [0.29, 0.717) is 12.1 Å². The van der Waals surface area contributed by atoms with Crippen LogP contribution in [0.3, 0.4) is 0 Å². The minimum atomic E-state index is -3.51. The number of carbonyl (C=O) groups excluding carboxylic acids is 1. The molecule has 0 unspecified atom stereocenters. The summed E-state index contributed by atoms with van der Waals surface area (Å²) in [4.78, 5) is 14.9. The van der Waals surface area contributed by atoms with E-state index in [-0.39, 0.29) is 10.8 Å². The highest BCUT2D eigenvalue weighted by molar-refractivity contribution is 7.89. The number of hydrogen-bond donors (Lipinski definition) is 2. The van der Waals surface area contributed by atoms with E-state index in [4.69, 9.17) is 0 Å². The zero-order valence-corrected chi connectivity index (χ0v) is 18.2. The number of anilines is 1. The number of fused-ring (bicyclic) bond motifs is 1. The van der Waals surface area contributed by atoms with Gasteiger partial charge in [0.15, 0.2) is 0 Å². The first kappa shape index (κ1) is 21.1. The molecule has 1 aliphatic heterocycles. The summed E-state index contributed by atoms with van der Waals surface area (Å²) in [5.41, 5.74) is 5.37. The molecule has 160 valence electrons. The fourth-order valence-corrected chi connectivity index (χ4v) is 4.47. The van der Waals surface area contributed by atoms with Crippen LogP contribution in [0.5, 0.6) is 0 Å². The first-order chi connectivity index (χ1) is 15.0. The van der Waals surface area contributed by atoms with Crippen LogP contribution in [-0.2, 0) is 29.5 Å². The van der Waals surface area contributed by atoms with Crippen LogP contribution in [0.4, 0.5) is 5.69 Å². The van der Waals surface area contributed by atoms with Crippen LogP contribution >= 0.6 is 0 Å². The highest BCUT2D eigenvalue weighted by Crippen LogP contribution is 2.28. The summed E-state index contributed by atoms with van der Waals surface area (Å²) in [6.07, 6.45) is 1.09.